The summed E-state index contributed by atoms with van der Waals surface area (Å²) in [6.07, 6.45) is 0. The maximum atomic E-state index is 5.34. The van der Waals surface area contributed by atoms with E-state index in [-0.39, 0.29) is 0 Å². The molecule has 0 aliphatic carbocycles. The molecule has 0 fully saturated rings. The molecule has 1 aromatic carbocycles. The fourth-order valence-corrected chi connectivity index (χ4v) is 1.34. The molecular formula is C10H15N3. The second kappa shape index (κ2) is 4.05. The van der Waals surface area contributed by atoms with Crippen LogP contribution in [-0.2, 0) is 0 Å². The molecule has 3 heteroatoms. The number of amidine groups is 1. The molecule has 1 aromatic rings. The Hall–Kier alpha value is -1.35. The van der Waals surface area contributed by atoms with E-state index in [0.717, 1.165) is 11.4 Å². The van der Waals surface area contributed by atoms with Gasteiger partial charge in [-0.2, -0.15) is 0 Å². The van der Waals surface area contributed by atoms with Crippen molar-refractivity contribution in [3.05, 3.63) is 34.9 Å². The minimum Gasteiger partial charge on any atom is -0.308 e. The van der Waals surface area contributed by atoms with Crippen molar-refractivity contribution in [1.29, 1.82) is 0 Å². The quantitative estimate of drug-likeness (QED) is 0.292. The van der Waals surface area contributed by atoms with Crippen LogP contribution >= 0.6 is 0 Å². The fourth-order valence-electron chi connectivity index (χ4n) is 1.34. The van der Waals surface area contributed by atoms with Gasteiger partial charge >= 0.3 is 0 Å². The highest BCUT2D eigenvalue weighted by Gasteiger charge is 2.03. The third-order valence-corrected chi connectivity index (χ3v) is 2.00. The highest BCUT2D eigenvalue weighted by atomic mass is 15.2. The molecular weight excluding hydrogens is 162 g/mol. The van der Waals surface area contributed by atoms with Crippen molar-refractivity contribution in [3.8, 4) is 0 Å². The van der Waals surface area contributed by atoms with Crippen molar-refractivity contribution in [3.63, 3.8) is 0 Å². The number of nitrogens with one attached hydrogen (secondary N) is 1. The molecule has 3 nitrogen and oxygen atoms in total. The van der Waals surface area contributed by atoms with Gasteiger partial charge in [0.25, 0.3) is 0 Å². The summed E-state index contributed by atoms with van der Waals surface area (Å²) in [5, 5.41) is 0. The number of nitrogens with two attached hydrogens (primary N) is 1. The number of hydrogen-bond acceptors (Lipinski definition) is 2. The topological polar surface area (TPSA) is 50.4 Å². The largest absolute Gasteiger partial charge is 0.308 e. The molecule has 0 unspecified atom stereocenters. The van der Waals surface area contributed by atoms with Crippen LogP contribution in [0.4, 0.5) is 0 Å². The van der Waals surface area contributed by atoms with E-state index in [0.29, 0.717) is 0 Å². The molecule has 0 heterocycles. The smallest absolute Gasteiger partial charge is 0.142 e. The monoisotopic (exact) mass is 177 g/mol. The summed E-state index contributed by atoms with van der Waals surface area (Å²) in [5.74, 6) is 6.06. The lowest BCUT2D eigenvalue weighted by molar-refractivity contribution is 1.01. The van der Waals surface area contributed by atoms with Crippen molar-refractivity contribution < 1.29 is 0 Å². The lowest BCUT2D eigenvalue weighted by Crippen LogP contribution is -2.31. The number of benzene rings is 1. The second-order valence-corrected chi connectivity index (χ2v) is 3.03. The van der Waals surface area contributed by atoms with Gasteiger partial charge in [0.05, 0.1) is 0 Å². The Balaban J connectivity index is 3.15. The zero-order valence-corrected chi connectivity index (χ0v) is 8.26. The minimum atomic E-state index is 0.720. The van der Waals surface area contributed by atoms with Gasteiger partial charge in [-0.05, 0) is 19.4 Å². The lowest BCUT2D eigenvalue weighted by Gasteiger charge is -2.08. The van der Waals surface area contributed by atoms with Crippen LogP contribution in [0.3, 0.4) is 0 Å². The van der Waals surface area contributed by atoms with Gasteiger partial charge in [-0.25, -0.2) is 5.84 Å². The molecule has 0 radical (unpaired) electrons. The van der Waals surface area contributed by atoms with E-state index in [1.807, 2.05) is 19.1 Å². The highest BCUT2D eigenvalue weighted by molar-refractivity contribution is 5.99. The average Bonchev–Trinajstić information content (AvgIpc) is 2.10. The summed E-state index contributed by atoms with van der Waals surface area (Å²) < 4.78 is 0. The van der Waals surface area contributed by atoms with Crippen LogP contribution in [0.25, 0.3) is 0 Å². The van der Waals surface area contributed by atoms with Crippen LogP contribution in [-0.4, -0.2) is 12.9 Å². The summed E-state index contributed by atoms with van der Waals surface area (Å²) in [5.41, 5.74) is 6.05. The summed E-state index contributed by atoms with van der Waals surface area (Å²) in [4.78, 5) is 4.05. The minimum absolute atomic E-state index is 0.720. The van der Waals surface area contributed by atoms with Crippen LogP contribution < -0.4 is 11.3 Å². The van der Waals surface area contributed by atoms with E-state index in [9.17, 15) is 0 Å². The number of aryl methyl sites for hydroxylation is 2. The summed E-state index contributed by atoms with van der Waals surface area (Å²) in [6.45, 7) is 4.11. The molecule has 0 aromatic heterocycles. The van der Waals surface area contributed by atoms with Gasteiger partial charge in [0.1, 0.15) is 5.84 Å². The van der Waals surface area contributed by atoms with Crippen molar-refractivity contribution >= 4 is 5.84 Å². The average molecular weight is 177 g/mol. The van der Waals surface area contributed by atoms with E-state index in [1.165, 1.54) is 11.1 Å². The van der Waals surface area contributed by atoms with E-state index in [2.05, 4.69) is 23.4 Å². The third kappa shape index (κ3) is 2.06. The Morgan fingerprint density at radius 3 is 2.54 bits per heavy atom. The normalized spacial score (nSPS) is 11.5. The molecule has 13 heavy (non-hydrogen) atoms. The van der Waals surface area contributed by atoms with E-state index >= 15 is 0 Å². The first-order valence-corrected chi connectivity index (χ1v) is 4.20. The van der Waals surface area contributed by atoms with Crippen LogP contribution in [0, 0.1) is 13.8 Å². The lowest BCUT2D eigenvalue weighted by atomic mass is 10.1. The van der Waals surface area contributed by atoms with E-state index in [1.54, 1.807) is 7.05 Å². The van der Waals surface area contributed by atoms with Crippen molar-refractivity contribution in [2.24, 2.45) is 10.8 Å². The first kappa shape index (κ1) is 9.74. The van der Waals surface area contributed by atoms with Gasteiger partial charge < -0.3 is 5.43 Å². The molecule has 0 amide bonds. The first-order chi connectivity index (χ1) is 6.19. The SMILES string of the molecule is CN=C(NN)c1ccc(C)cc1C. The molecule has 0 atom stereocenters. The van der Waals surface area contributed by atoms with Gasteiger partial charge in [0.2, 0.25) is 0 Å². The number of aliphatic imine (C=N–C) groups is 1. The highest BCUT2D eigenvalue weighted by Crippen LogP contribution is 2.10. The van der Waals surface area contributed by atoms with Gasteiger partial charge in [-0.3, -0.25) is 4.99 Å². The Kier molecular flexibility index (Phi) is 3.03. The van der Waals surface area contributed by atoms with Crippen LogP contribution in [0.15, 0.2) is 23.2 Å². The summed E-state index contributed by atoms with van der Waals surface area (Å²) in [7, 11) is 1.72. The zero-order valence-electron chi connectivity index (χ0n) is 8.26. The Bertz CT molecular complexity index is 329. The van der Waals surface area contributed by atoms with E-state index in [4.69, 9.17) is 5.84 Å². The van der Waals surface area contributed by atoms with Gasteiger partial charge in [-0.15, -0.1) is 0 Å². The molecule has 70 valence electrons. The fraction of sp³-hybridized carbons (Fsp3) is 0.300. The van der Waals surface area contributed by atoms with Crippen LogP contribution in [0.1, 0.15) is 16.7 Å². The predicted molar refractivity (Wildman–Crippen MR) is 55.7 cm³/mol. The van der Waals surface area contributed by atoms with Crippen molar-refractivity contribution in [2.45, 2.75) is 13.8 Å². The van der Waals surface area contributed by atoms with Crippen LogP contribution in [0.2, 0.25) is 0 Å². The molecule has 1 rings (SSSR count). The Morgan fingerprint density at radius 1 is 1.38 bits per heavy atom. The summed E-state index contributed by atoms with van der Waals surface area (Å²) >= 11 is 0. The van der Waals surface area contributed by atoms with Gasteiger partial charge in [0.15, 0.2) is 0 Å². The van der Waals surface area contributed by atoms with Crippen molar-refractivity contribution in [2.75, 3.05) is 7.05 Å². The third-order valence-electron chi connectivity index (χ3n) is 2.00. The second-order valence-electron chi connectivity index (χ2n) is 3.03. The molecule has 0 bridgehead atoms. The van der Waals surface area contributed by atoms with Crippen LogP contribution in [0.5, 0.6) is 0 Å². The van der Waals surface area contributed by atoms with E-state index < -0.39 is 0 Å². The maximum Gasteiger partial charge on any atom is 0.142 e. The molecule has 0 saturated heterocycles. The first-order valence-electron chi connectivity index (χ1n) is 4.20. The zero-order chi connectivity index (χ0) is 9.84. The number of rotatable bonds is 1. The Labute approximate surface area is 78.6 Å². The predicted octanol–water partition coefficient (Wildman–Crippen LogP) is 1.14. The number of hydrogen-bond donors (Lipinski definition) is 2. The molecule has 0 saturated carbocycles. The maximum absolute atomic E-state index is 5.34. The summed E-state index contributed by atoms with van der Waals surface area (Å²) in [6, 6.07) is 6.18. The standard InChI is InChI=1S/C10H15N3/c1-7-4-5-9(8(2)6-7)10(12-3)13-11/h4-6H,11H2,1-3H3,(H,12,13). The molecule has 3 N–H and O–H groups in total. The van der Waals surface area contributed by atoms with Gasteiger partial charge in [-0.1, -0.05) is 23.8 Å². The van der Waals surface area contributed by atoms with Gasteiger partial charge in [0, 0.05) is 12.6 Å². The molecule has 0 aliphatic rings. The number of nitrogens with zero attached hydrogens (tertiary/aromatic N) is 1. The molecule has 0 spiro atoms. The molecule has 0 aliphatic heterocycles. The van der Waals surface area contributed by atoms with Crippen molar-refractivity contribution in [1.82, 2.24) is 5.43 Å². The Morgan fingerprint density at radius 2 is 2.08 bits per heavy atom. The number of hydrazine groups is 1.